The third kappa shape index (κ3) is 6.54. The van der Waals surface area contributed by atoms with Crippen LogP contribution in [0.1, 0.15) is 73.1 Å². The lowest BCUT2D eigenvalue weighted by Gasteiger charge is -2.25. The van der Waals surface area contributed by atoms with Crippen LogP contribution >= 0.6 is 0 Å². The maximum atomic E-state index is 12.3. The normalized spacial score (nSPS) is 27.1. The molecule has 0 aromatic heterocycles. The average molecular weight is 405 g/mol. The molecule has 1 aliphatic heterocycles. The molecule has 0 radical (unpaired) electrons. The molecular weight excluding hydrogens is 372 g/mol. The first-order chi connectivity index (χ1) is 14.0. The topological polar surface area (TPSA) is 85.4 Å². The minimum absolute atomic E-state index is 0.215. The Morgan fingerprint density at radius 3 is 2.31 bits per heavy atom. The predicted octanol–water partition coefficient (Wildman–Crippen LogP) is 3.75. The van der Waals surface area contributed by atoms with Crippen LogP contribution in [0.25, 0.3) is 0 Å². The Balaban J connectivity index is 1.43. The molecule has 6 heteroatoms. The molecule has 1 aromatic carbocycles. The van der Waals surface area contributed by atoms with Gasteiger partial charge in [0.25, 0.3) is 0 Å². The Labute approximate surface area is 172 Å². The average Bonchev–Trinajstić information content (AvgIpc) is 3.43. The molecule has 1 heterocycles. The summed E-state index contributed by atoms with van der Waals surface area (Å²) < 4.78 is 16.3. The molecule has 1 aliphatic carbocycles. The fraction of sp³-hybridized carbons (Fsp3) is 0.652. The molecule has 0 bridgehead atoms. The van der Waals surface area contributed by atoms with Crippen molar-refractivity contribution in [3.05, 3.63) is 35.4 Å². The number of hydrogen-bond donors (Lipinski definition) is 1. The van der Waals surface area contributed by atoms with Crippen molar-refractivity contribution < 1.29 is 28.9 Å². The summed E-state index contributed by atoms with van der Waals surface area (Å²) in [6.45, 7) is 4.83. The van der Waals surface area contributed by atoms with Crippen molar-refractivity contribution in [3.63, 3.8) is 0 Å². The lowest BCUT2D eigenvalue weighted by molar-refractivity contribution is 0.0291. The highest BCUT2D eigenvalue weighted by Gasteiger charge is 2.35. The summed E-state index contributed by atoms with van der Waals surface area (Å²) in [4.78, 5) is 24.5. The lowest BCUT2D eigenvalue weighted by atomic mass is 9.88. The van der Waals surface area contributed by atoms with Gasteiger partial charge in [0.1, 0.15) is 0 Å². The Hall–Kier alpha value is -1.92. The van der Waals surface area contributed by atoms with Gasteiger partial charge < -0.3 is 19.3 Å². The number of ether oxygens (including phenoxy) is 3. The highest BCUT2D eigenvalue weighted by molar-refractivity contribution is 5.93. The molecule has 1 saturated carbocycles. The van der Waals surface area contributed by atoms with Crippen LogP contribution in [0.15, 0.2) is 24.3 Å². The Kier molecular flexibility index (Phi) is 7.67. The second kappa shape index (κ2) is 10.2. The summed E-state index contributed by atoms with van der Waals surface area (Å²) in [5.41, 5.74) is 0.826. The van der Waals surface area contributed by atoms with Gasteiger partial charge in [-0.3, -0.25) is 0 Å². The predicted molar refractivity (Wildman–Crippen MR) is 108 cm³/mol. The number of aliphatic hydroxyl groups excluding tert-OH is 1. The van der Waals surface area contributed by atoms with Crippen LogP contribution in [0.2, 0.25) is 0 Å². The number of carbonyl (C=O) groups is 2. The zero-order valence-electron chi connectivity index (χ0n) is 17.3. The molecule has 2 aliphatic rings. The molecule has 0 spiro atoms. The first-order valence-electron chi connectivity index (χ1n) is 10.7. The number of rotatable bonds is 9. The maximum Gasteiger partial charge on any atom is 0.338 e. The zero-order valence-corrected chi connectivity index (χ0v) is 17.3. The van der Waals surface area contributed by atoms with Gasteiger partial charge in [-0.1, -0.05) is 13.3 Å². The van der Waals surface area contributed by atoms with E-state index in [-0.39, 0.29) is 18.0 Å². The SMILES string of the molecule is CCC(COC(=O)c1ccc(C(=O)OCC2CCCC(O)C2)cc1)CC1OC1C. The summed E-state index contributed by atoms with van der Waals surface area (Å²) in [6, 6.07) is 6.37. The molecule has 2 fully saturated rings. The largest absolute Gasteiger partial charge is 0.462 e. The van der Waals surface area contributed by atoms with E-state index in [1.54, 1.807) is 24.3 Å². The van der Waals surface area contributed by atoms with E-state index in [0.29, 0.717) is 48.9 Å². The van der Waals surface area contributed by atoms with Crippen LogP contribution in [0.3, 0.4) is 0 Å². The Morgan fingerprint density at radius 2 is 1.76 bits per heavy atom. The Morgan fingerprint density at radius 1 is 1.14 bits per heavy atom. The molecule has 5 unspecified atom stereocenters. The lowest BCUT2D eigenvalue weighted by Crippen LogP contribution is -2.24. The number of hydrogen-bond acceptors (Lipinski definition) is 6. The van der Waals surface area contributed by atoms with Crippen molar-refractivity contribution in [2.45, 2.75) is 70.7 Å². The monoisotopic (exact) mass is 404 g/mol. The number of benzene rings is 1. The van der Waals surface area contributed by atoms with Gasteiger partial charge in [-0.05, 0) is 75.1 Å². The summed E-state index contributed by atoms with van der Waals surface area (Å²) in [5.74, 6) is -0.284. The molecule has 1 N–H and O–H groups in total. The van der Waals surface area contributed by atoms with Crippen LogP contribution in [0, 0.1) is 11.8 Å². The first-order valence-corrected chi connectivity index (χ1v) is 10.7. The number of aliphatic hydroxyl groups is 1. The molecular formula is C23H32O6. The fourth-order valence-corrected chi connectivity index (χ4v) is 3.87. The molecule has 160 valence electrons. The fourth-order valence-electron chi connectivity index (χ4n) is 3.87. The van der Waals surface area contributed by atoms with E-state index in [1.165, 1.54) is 0 Å². The van der Waals surface area contributed by atoms with Crippen molar-refractivity contribution in [1.29, 1.82) is 0 Å². The van der Waals surface area contributed by atoms with E-state index in [9.17, 15) is 14.7 Å². The van der Waals surface area contributed by atoms with Crippen LogP contribution in [-0.2, 0) is 14.2 Å². The molecule has 1 aromatic rings. The van der Waals surface area contributed by atoms with Gasteiger partial charge in [0.15, 0.2) is 0 Å². The van der Waals surface area contributed by atoms with Crippen molar-refractivity contribution in [3.8, 4) is 0 Å². The van der Waals surface area contributed by atoms with Crippen LogP contribution in [0.5, 0.6) is 0 Å². The van der Waals surface area contributed by atoms with E-state index in [2.05, 4.69) is 13.8 Å². The molecule has 3 rings (SSSR count). The van der Waals surface area contributed by atoms with E-state index in [4.69, 9.17) is 14.2 Å². The highest BCUT2D eigenvalue weighted by atomic mass is 16.6. The van der Waals surface area contributed by atoms with E-state index in [1.807, 2.05) is 0 Å². The Bertz CT molecular complexity index is 685. The number of epoxide rings is 1. The quantitative estimate of drug-likeness (QED) is 0.498. The summed E-state index contributed by atoms with van der Waals surface area (Å²) in [7, 11) is 0. The van der Waals surface area contributed by atoms with Gasteiger partial charge in [0.2, 0.25) is 0 Å². The molecule has 29 heavy (non-hydrogen) atoms. The second-order valence-corrected chi connectivity index (χ2v) is 8.35. The summed E-state index contributed by atoms with van der Waals surface area (Å²) in [5, 5.41) is 9.71. The van der Waals surface area contributed by atoms with Crippen LogP contribution in [-0.4, -0.2) is 48.6 Å². The van der Waals surface area contributed by atoms with Crippen molar-refractivity contribution in [2.75, 3.05) is 13.2 Å². The van der Waals surface area contributed by atoms with Gasteiger partial charge in [-0.2, -0.15) is 0 Å². The molecule has 0 amide bonds. The third-order valence-electron chi connectivity index (χ3n) is 5.99. The maximum absolute atomic E-state index is 12.3. The smallest absolute Gasteiger partial charge is 0.338 e. The minimum atomic E-state index is -0.408. The summed E-state index contributed by atoms with van der Waals surface area (Å²) >= 11 is 0. The molecule has 1 saturated heterocycles. The van der Waals surface area contributed by atoms with Crippen LogP contribution in [0.4, 0.5) is 0 Å². The van der Waals surface area contributed by atoms with Gasteiger partial charge in [0, 0.05) is 0 Å². The van der Waals surface area contributed by atoms with Gasteiger partial charge in [-0.25, -0.2) is 9.59 Å². The third-order valence-corrected chi connectivity index (χ3v) is 5.99. The molecule has 5 atom stereocenters. The van der Waals surface area contributed by atoms with Gasteiger partial charge in [-0.15, -0.1) is 0 Å². The van der Waals surface area contributed by atoms with Crippen LogP contribution < -0.4 is 0 Å². The number of esters is 2. The zero-order chi connectivity index (χ0) is 20.8. The van der Waals surface area contributed by atoms with E-state index >= 15 is 0 Å². The number of carbonyl (C=O) groups excluding carboxylic acids is 2. The van der Waals surface area contributed by atoms with Gasteiger partial charge in [0.05, 0.1) is 42.7 Å². The van der Waals surface area contributed by atoms with Crippen molar-refractivity contribution in [2.24, 2.45) is 11.8 Å². The highest BCUT2D eigenvalue weighted by Crippen LogP contribution is 2.29. The van der Waals surface area contributed by atoms with Crippen molar-refractivity contribution >= 4 is 11.9 Å². The minimum Gasteiger partial charge on any atom is -0.462 e. The first kappa shape index (κ1) is 21.8. The molecule has 6 nitrogen and oxygen atoms in total. The van der Waals surface area contributed by atoms with Crippen molar-refractivity contribution in [1.82, 2.24) is 0 Å². The van der Waals surface area contributed by atoms with E-state index in [0.717, 1.165) is 32.1 Å². The second-order valence-electron chi connectivity index (χ2n) is 8.35. The summed E-state index contributed by atoms with van der Waals surface area (Å²) in [6.07, 6.45) is 5.61. The standard InChI is InChI=1S/C23H32O6/c1-3-16(12-21-15(2)29-21)13-27-22(25)18-7-9-19(10-8-18)23(26)28-14-17-5-4-6-20(24)11-17/h7-10,15-17,20-21,24H,3-6,11-14H2,1-2H3. The van der Waals surface area contributed by atoms with Gasteiger partial charge >= 0.3 is 11.9 Å². The van der Waals surface area contributed by atoms with E-state index < -0.39 is 5.97 Å².